The van der Waals surface area contributed by atoms with Gasteiger partial charge in [0, 0.05) is 6.54 Å². The molecule has 28 heavy (non-hydrogen) atoms. The zero-order valence-corrected chi connectivity index (χ0v) is 14.9. The molecule has 5 nitrogen and oxygen atoms in total. The van der Waals surface area contributed by atoms with E-state index in [0.29, 0.717) is 18.5 Å². The van der Waals surface area contributed by atoms with Crippen LogP contribution in [0.5, 0.6) is 0 Å². The number of cyclic esters (lactones) is 1. The lowest BCUT2D eigenvalue weighted by Gasteiger charge is -2.21. The molecular formula is C20H19F3N2O3. The molecule has 0 bridgehead atoms. The van der Waals surface area contributed by atoms with Crippen molar-refractivity contribution in [2.24, 2.45) is 0 Å². The molecule has 1 aliphatic rings. The maximum absolute atomic E-state index is 12.7. The molecule has 1 atom stereocenters. The predicted octanol–water partition coefficient (Wildman–Crippen LogP) is 3.39. The summed E-state index contributed by atoms with van der Waals surface area (Å²) in [4.78, 5) is 25.6. The van der Waals surface area contributed by atoms with Gasteiger partial charge in [-0.15, -0.1) is 0 Å². The first kappa shape index (κ1) is 19.7. The molecule has 1 saturated heterocycles. The second-order valence-electron chi connectivity index (χ2n) is 6.44. The van der Waals surface area contributed by atoms with Crippen molar-refractivity contribution >= 4 is 12.0 Å². The Morgan fingerprint density at radius 3 is 2.39 bits per heavy atom. The Bertz CT molecular complexity index is 823. The lowest BCUT2D eigenvalue weighted by molar-refractivity contribution is -0.137. The van der Waals surface area contributed by atoms with Crippen LogP contribution in [0.15, 0.2) is 54.6 Å². The number of hydrogen-bond acceptors (Lipinski definition) is 3. The van der Waals surface area contributed by atoms with E-state index in [1.54, 1.807) is 0 Å². The van der Waals surface area contributed by atoms with Crippen LogP contribution >= 0.6 is 0 Å². The van der Waals surface area contributed by atoms with E-state index in [4.69, 9.17) is 4.74 Å². The van der Waals surface area contributed by atoms with E-state index in [0.717, 1.165) is 17.7 Å². The molecular weight excluding hydrogens is 373 g/mol. The van der Waals surface area contributed by atoms with Crippen molar-refractivity contribution in [1.82, 2.24) is 10.2 Å². The smallest absolute Gasteiger partial charge is 0.416 e. The highest BCUT2D eigenvalue weighted by Gasteiger charge is 2.38. The summed E-state index contributed by atoms with van der Waals surface area (Å²) >= 11 is 0. The first-order valence-electron chi connectivity index (χ1n) is 8.76. The third-order valence-electron chi connectivity index (χ3n) is 4.47. The Morgan fingerprint density at radius 2 is 1.75 bits per heavy atom. The number of nitrogens with zero attached hydrogens (tertiary/aromatic N) is 1. The zero-order valence-electron chi connectivity index (χ0n) is 14.9. The maximum Gasteiger partial charge on any atom is 0.416 e. The summed E-state index contributed by atoms with van der Waals surface area (Å²) in [5, 5.41) is 2.78. The van der Waals surface area contributed by atoms with E-state index in [-0.39, 0.29) is 19.1 Å². The fourth-order valence-electron chi connectivity index (χ4n) is 2.93. The fraction of sp³-hybridized carbons (Fsp3) is 0.300. The van der Waals surface area contributed by atoms with Crippen molar-refractivity contribution < 1.29 is 27.5 Å². The van der Waals surface area contributed by atoms with Crippen LogP contribution in [0.3, 0.4) is 0 Å². The number of nitrogens with one attached hydrogen (secondary N) is 1. The van der Waals surface area contributed by atoms with Gasteiger partial charge in [0.05, 0.1) is 12.1 Å². The third kappa shape index (κ3) is 4.82. The Hall–Kier alpha value is -3.03. The van der Waals surface area contributed by atoms with Crippen molar-refractivity contribution in [3.05, 3.63) is 71.3 Å². The van der Waals surface area contributed by atoms with Gasteiger partial charge in [0.2, 0.25) is 5.91 Å². The topological polar surface area (TPSA) is 58.6 Å². The zero-order chi connectivity index (χ0) is 20.1. The van der Waals surface area contributed by atoms with Gasteiger partial charge in [-0.25, -0.2) is 4.79 Å². The molecule has 2 amide bonds. The molecule has 2 aromatic rings. The van der Waals surface area contributed by atoms with Gasteiger partial charge >= 0.3 is 12.3 Å². The van der Waals surface area contributed by atoms with Gasteiger partial charge in [0.15, 0.2) is 0 Å². The highest BCUT2D eigenvalue weighted by molar-refractivity contribution is 5.87. The summed E-state index contributed by atoms with van der Waals surface area (Å²) in [7, 11) is 0. The number of halogens is 3. The molecule has 8 heteroatoms. The van der Waals surface area contributed by atoms with E-state index in [1.807, 2.05) is 30.3 Å². The minimum absolute atomic E-state index is 0.00621. The molecule has 2 aromatic carbocycles. The van der Waals surface area contributed by atoms with E-state index < -0.39 is 23.9 Å². The number of alkyl halides is 3. The van der Waals surface area contributed by atoms with Crippen molar-refractivity contribution in [2.75, 3.05) is 13.2 Å². The Balaban J connectivity index is 1.58. The number of hydrogen-bond donors (Lipinski definition) is 1. The third-order valence-corrected chi connectivity index (χ3v) is 4.47. The van der Waals surface area contributed by atoms with Crippen molar-refractivity contribution in [3.63, 3.8) is 0 Å². The monoisotopic (exact) mass is 392 g/mol. The summed E-state index contributed by atoms with van der Waals surface area (Å²) in [6.45, 7) is 0.312. The van der Waals surface area contributed by atoms with Crippen LogP contribution in [0, 0.1) is 0 Å². The number of carbonyl (C=O) groups excluding carboxylic acids is 2. The molecule has 1 N–H and O–H groups in total. The van der Waals surface area contributed by atoms with Gasteiger partial charge < -0.3 is 10.1 Å². The van der Waals surface area contributed by atoms with Crippen molar-refractivity contribution in [2.45, 2.75) is 25.2 Å². The molecule has 0 saturated carbocycles. The predicted molar refractivity (Wildman–Crippen MR) is 95.3 cm³/mol. The van der Waals surface area contributed by atoms with Gasteiger partial charge in [-0.05, 0) is 29.7 Å². The molecule has 3 rings (SSSR count). The molecule has 1 aliphatic heterocycles. The first-order chi connectivity index (χ1) is 13.3. The highest BCUT2D eigenvalue weighted by atomic mass is 19.4. The van der Waals surface area contributed by atoms with Gasteiger partial charge in [0.25, 0.3) is 0 Å². The lowest BCUT2D eigenvalue weighted by atomic mass is 10.1. The Morgan fingerprint density at radius 1 is 1.07 bits per heavy atom. The van der Waals surface area contributed by atoms with E-state index in [1.165, 1.54) is 17.0 Å². The minimum atomic E-state index is -4.42. The number of carbonyl (C=O) groups is 2. The Kier molecular flexibility index (Phi) is 5.87. The standard InChI is InChI=1S/C20H19F3N2O3/c21-20(22,23)16-8-6-15(7-9-16)12-25-17(13-28-19(25)27)18(26)24-11-10-14-4-2-1-3-5-14/h1-9,17H,10-13H2,(H,24,26)/t17-/m0/s1. The van der Waals surface area contributed by atoms with Gasteiger partial charge in [-0.1, -0.05) is 42.5 Å². The normalized spacial score (nSPS) is 16.8. The number of amides is 2. The van der Waals surface area contributed by atoms with Crippen molar-refractivity contribution in [3.8, 4) is 0 Å². The van der Waals surface area contributed by atoms with Crippen LogP contribution in [0.2, 0.25) is 0 Å². The van der Waals surface area contributed by atoms with E-state index >= 15 is 0 Å². The number of rotatable bonds is 6. The SMILES string of the molecule is O=C(NCCc1ccccc1)[C@@H]1COC(=O)N1Cc1ccc(C(F)(F)F)cc1. The fourth-order valence-corrected chi connectivity index (χ4v) is 2.93. The molecule has 0 spiro atoms. The second kappa shape index (κ2) is 8.33. The summed E-state index contributed by atoms with van der Waals surface area (Å²) in [5.41, 5.74) is 0.785. The number of benzene rings is 2. The van der Waals surface area contributed by atoms with Crippen LogP contribution in [0.4, 0.5) is 18.0 Å². The van der Waals surface area contributed by atoms with Crippen LogP contribution in [-0.2, 0) is 28.7 Å². The van der Waals surface area contributed by atoms with Crippen LogP contribution in [0.1, 0.15) is 16.7 Å². The minimum Gasteiger partial charge on any atom is -0.447 e. The second-order valence-corrected chi connectivity index (χ2v) is 6.44. The number of ether oxygens (including phenoxy) is 1. The lowest BCUT2D eigenvalue weighted by Crippen LogP contribution is -2.45. The average Bonchev–Trinajstić information content (AvgIpc) is 3.03. The van der Waals surface area contributed by atoms with Gasteiger partial charge in [-0.3, -0.25) is 9.69 Å². The maximum atomic E-state index is 12.7. The average molecular weight is 392 g/mol. The molecule has 0 aliphatic carbocycles. The first-order valence-corrected chi connectivity index (χ1v) is 8.76. The van der Waals surface area contributed by atoms with E-state index in [2.05, 4.69) is 5.32 Å². The van der Waals surface area contributed by atoms with Crippen molar-refractivity contribution in [1.29, 1.82) is 0 Å². The van der Waals surface area contributed by atoms with Crippen LogP contribution in [-0.4, -0.2) is 36.1 Å². The molecule has 1 fully saturated rings. The summed E-state index contributed by atoms with van der Waals surface area (Å²) in [6.07, 6.45) is -4.44. The largest absolute Gasteiger partial charge is 0.447 e. The quantitative estimate of drug-likeness (QED) is 0.820. The highest BCUT2D eigenvalue weighted by Crippen LogP contribution is 2.29. The molecule has 0 aromatic heterocycles. The summed E-state index contributed by atoms with van der Waals surface area (Å²) in [5.74, 6) is -0.353. The summed E-state index contributed by atoms with van der Waals surface area (Å²) in [6, 6.07) is 13.3. The summed E-state index contributed by atoms with van der Waals surface area (Å²) < 4.78 is 42.9. The molecule has 0 radical (unpaired) electrons. The molecule has 1 heterocycles. The van der Waals surface area contributed by atoms with Crippen LogP contribution < -0.4 is 5.32 Å². The van der Waals surface area contributed by atoms with Gasteiger partial charge in [-0.2, -0.15) is 13.2 Å². The van der Waals surface area contributed by atoms with E-state index in [9.17, 15) is 22.8 Å². The molecule has 0 unspecified atom stereocenters. The van der Waals surface area contributed by atoms with Crippen LogP contribution in [0.25, 0.3) is 0 Å². The molecule has 148 valence electrons. The Labute approximate surface area is 160 Å². The van der Waals surface area contributed by atoms with Gasteiger partial charge in [0.1, 0.15) is 12.6 Å².